The van der Waals surface area contributed by atoms with Gasteiger partial charge in [0.15, 0.2) is 17.6 Å². The first kappa shape index (κ1) is 13.9. The summed E-state index contributed by atoms with van der Waals surface area (Å²) in [4.78, 5) is 0. The summed E-state index contributed by atoms with van der Waals surface area (Å²) < 4.78 is 13.7. The first-order valence-corrected chi connectivity index (χ1v) is 7.26. The summed E-state index contributed by atoms with van der Waals surface area (Å²) in [5.41, 5.74) is 0.997. The van der Waals surface area contributed by atoms with Gasteiger partial charge < -0.3 is 14.8 Å². The molecule has 6 heteroatoms. The Morgan fingerprint density at radius 2 is 2.19 bits per heavy atom. The van der Waals surface area contributed by atoms with Crippen molar-refractivity contribution in [2.75, 3.05) is 13.2 Å². The lowest BCUT2D eigenvalue weighted by Crippen LogP contribution is -2.42. The van der Waals surface area contributed by atoms with Crippen LogP contribution in [0.3, 0.4) is 0 Å². The number of hydrogen-bond donors (Lipinski definition) is 1. The molecular formula is C15H20N4O2. The van der Waals surface area contributed by atoms with E-state index < -0.39 is 0 Å². The molecule has 1 aromatic heterocycles. The number of aryl methyl sites for hydroxylation is 1. The molecule has 2 aromatic rings. The van der Waals surface area contributed by atoms with Crippen molar-refractivity contribution in [1.82, 2.24) is 20.3 Å². The zero-order valence-electron chi connectivity index (χ0n) is 12.3. The quantitative estimate of drug-likeness (QED) is 0.907. The second-order valence-electron chi connectivity index (χ2n) is 5.13. The summed E-state index contributed by atoms with van der Waals surface area (Å²) in [6, 6.07) is 7.75. The van der Waals surface area contributed by atoms with Gasteiger partial charge in [0.05, 0.1) is 17.9 Å². The molecule has 0 amide bonds. The van der Waals surface area contributed by atoms with Crippen molar-refractivity contribution in [2.45, 2.75) is 25.5 Å². The maximum Gasteiger partial charge on any atom is 0.161 e. The molecule has 0 fully saturated rings. The van der Waals surface area contributed by atoms with Gasteiger partial charge in [-0.2, -0.15) is 0 Å². The van der Waals surface area contributed by atoms with Gasteiger partial charge in [-0.15, -0.1) is 5.10 Å². The molecular weight excluding hydrogens is 268 g/mol. The third-order valence-electron chi connectivity index (χ3n) is 3.58. The largest absolute Gasteiger partial charge is 0.486 e. The van der Waals surface area contributed by atoms with Crippen molar-refractivity contribution < 1.29 is 9.47 Å². The summed E-state index contributed by atoms with van der Waals surface area (Å²) in [5.74, 6) is 1.58. The van der Waals surface area contributed by atoms with Gasteiger partial charge >= 0.3 is 0 Å². The van der Waals surface area contributed by atoms with Crippen LogP contribution in [0.25, 0.3) is 0 Å². The number of aromatic nitrogens is 3. The lowest BCUT2D eigenvalue weighted by Gasteiger charge is -2.32. The van der Waals surface area contributed by atoms with E-state index in [9.17, 15) is 0 Å². The Balaban J connectivity index is 1.83. The van der Waals surface area contributed by atoms with E-state index in [1.165, 1.54) is 0 Å². The first-order valence-electron chi connectivity index (χ1n) is 7.26. The highest BCUT2D eigenvalue weighted by atomic mass is 16.6. The highest BCUT2D eigenvalue weighted by Crippen LogP contribution is 2.34. The highest BCUT2D eigenvalue weighted by Gasteiger charge is 2.31. The van der Waals surface area contributed by atoms with Crippen molar-refractivity contribution in [3.63, 3.8) is 0 Å². The lowest BCUT2D eigenvalue weighted by atomic mass is 10.1. The topological polar surface area (TPSA) is 61.2 Å². The minimum Gasteiger partial charge on any atom is -0.486 e. The number of hydrogen-bond acceptors (Lipinski definition) is 5. The highest BCUT2D eigenvalue weighted by molar-refractivity contribution is 5.41. The SMILES string of the molecule is CCCNC(c1cnnn1C)C1COc2ccccc2O1. The van der Waals surface area contributed by atoms with Crippen molar-refractivity contribution >= 4 is 0 Å². The van der Waals surface area contributed by atoms with Crippen LogP contribution in [0.5, 0.6) is 11.5 Å². The molecule has 2 atom stereocenters. The Bertz CT molecular complexity index is 599. The fourth-order valence-electron chi connectivity index (χ4n) is 2.51. The monoisotopic (exact) mass is 288 g/mol. The number of nitrogens with one attached hydrogen (secondary N) is 1. The van der Waals surface area contributed by atoms with Crippen LogP contribution in [0.1, 0.15) is 25.1 Å². The van der Waals surface area contributed by atoms with Crippen molar-refractivity contribution in [3.05, 3.63) is 36.2 Å². The number of nitrogens with zero attached hydrogens (tertiary/aromatic N) is 3. The Kier molecular flexibility index (Phi) is 4.06. The molecule has 21 heavy (non-hydrogen) atoms. The molecule has 3 rings (SSSR count). The number of para-hydroxylation sites is 2. The average Bonchev–Trinajstić information content (AvgIpc) is 2.94. The lowest BCUT2D eigenvalue weighted by molar-refractivity contribution is 0.0595. The molecule has 0 radical (unpaired) electrons. The van der Waals surface area contributed by atoms with Crippen molar-refractivity contribution in [2.24, 2.45) is 7.05 Å². The fraction of sp³-hybridized carbons (Fsp3) is 0.467. The van der Waals surface area contributed by atoms with Gasteiger partial charge in [0.2, 0.25) is 0 Å². The van der Waals surface area contributed by atoms with E-state index in [0.29, 0.717) is 6.61 Å². The zero-order valence-corrected chi connectivity index (χ0v) is 12.3. The first-order chi connectivity index (χ1) is 10.3. The fourth-order valence-corrected chi connectivity index (χ4v) is 2.51. The molecule has 0 saturated carbocycles. The minimum atomic E-state index is -0.108. The van der Waals surface area contributed by atoms with Crippen molar-refractivity contribution in [1.29, 1.82) is 0 Å². The second-order valence-corrected chi connectivity index (χ2v) is 5.13. The number of benzene rings is 1. The van der Waals surface area contributed by atoms with Gasteiger partial charge in [0.1, 0.15) is 6.61 Å². The van der Waals surface area contributed by atoms with Gasteiger partial charge in [0.25, 0.3) is 0 Å². The third-order valence-corrected chi connectivity index (χ3v) is 3.58. The van der Waals surface area contributed by atoms with Crippen molar-refractivity contribution in [3.8, 4) is 11.5 Å². The van der Waals surface area contributed by atoms with E-state index in [1.807, 2.05) is 31.3 Å². The van der Waals surface area contributed by atoms with Gasteiger partial charge in [0, 0.05) is 7.05 Å². The summed E-state index contributed by atoms with van der Waals surface area (Å²) in [6.45, 7) is 3.54. The predicted molar refractivity (Wildman–Crippen MR) is 78.4 cm³/mol. The predicted octanol–water partition coefficient (Wildman–Crippen LogP) is 1.70. The van der Waals surface area contributed by atoms with E-state index >= 15 is 0 Å². The van der Waals surface area contributed by atoms with E-state index in [1.54, 1.807) is 10.9 Å². The van der Waals surface area contributed by atoms with Gasteiger partial charge in [-0.1, -0.05) is 24.3 Å². The van der Waals surface area contributed by atoms with Crippen LogP contribution in [0, 0.1) is 0 Å². The van der Waals surface area contributed by atoms with Crippen LogP contribution >= 0.6 is 0 Å². The normalized spacial score (nSPS) is 18.5. The molecule has 0 spiro atoms. The minimum absolute atomic E-state index is 0.00157. The van der Waals surface area contributed by atoms with Crippen LogP contribution in [-0.2, 0) is 7.05 Å². The molecule has 0 saturated heterocycles. The molecule has 1 aliphatic heterocycles. The Hall–Kier alpha value is -2.08. The molecule has 6 nitrogen and oxygen atoms in total. The molecule has 1 aliphatic rings. The summed E-state index contributed by atoms with van der Waals surface area (Å²) in [7, 11) is 1.89. The molecule has 0 aliphatic carbocycles. The summed E-state index contributed by atoms with van der Waals surface area (Å²) in [6.07, 6.45) is 2.71. The van der Waals surface area contributed by atoms with E-state index in [0.717, 1.165) is 30.2 Å². The smallest absolute Gasteiger partial charge is 0.161 e. The van der Waals surface area contributed by atoms with E-state index in [4.69, 9.17) is 9.47 Å². The van der Waals surface area contributed by atoms with Gasteiger partial charge in [-0.3, -0.25) is 4.68 Å². The van der Waals surface area contributed by atoms with Gasteiger partial charge in [-0.05, 0) is 25.1 Å². The Morgan fingerprint density at radius 3 is 2.90 bits per heavy atom. The van der Waals surface area contributed by atoms with E-state index in [2.05, 4.69) is 22.6 Å². The maximum atomic E-state index is 6.11. The number of ether oxygens (including phenoxy) is 2. The summed E-state index contributed by atoms with van der Waals surface area (Å²) >= 11 is 0. The molecule has 1 aromatic carbocycles. The number of rotatable bonds is 5. The van der Waals surface area contributed by atoms with Crippen LogP contribution in [0.4, 0.5) is 0 Å². The summed E-state index contributed by atoms with van der Waals surface area (Å²) in [5, 5.41) is 11.5. The van der Waals surface area contributed by atoms with Crippen LogP contribution in [-0.4, -0.2) is 34.2 Å². The molecule has 1 N–H and O–H groups in total. The van der Waals surface area contributed by atoms with E-state index in [-0.39, 0.29) is 12.1 Å². The molecule has 112 valence electrons. The molecule has 2 heterocycles. The van der Waals surface area contributed by atoms with Crippen LogP contribution < -0.4 is 14.8 Å². The van der Waals surface area contributed by atoms with Crippen LogP contribution in [0.2, 0.25) is 0 Å². The Morgan fingerprint density at radius 1 is 1.38 bits per heavy atom. The van der Waals surface area contributed by atoms with Crippen LogP contribution in [0.15, 0.2) is 30.5 Å². The Labute approximate surface area is 124 Å². The molecule has 2 unspecified atom stereocenters. The molecule has 0 bridgehead atoms. The number of fused-ring (bicyclic) bond motifs is 1. The maximum absolute atomic E-state index is 6.11. The second kappa shape index (κ2) is 6.13. The third kappa shape index (κ3) is 2.85. The van der Waals surface area contributed by atoms with Gasteiger partial charge in [-0.25, -0.2) is 0 Å². The standard InChI is InChI=1S/C15H20N4O2/c1-3-8-16-15(11-9-17-18-19(11)2)14-10-20-12-6-4-5-7-13(12)21-14/h4-7,9,14-16H,3,8,10H2,1-2H3. The average molecular weight is 288 g/mol. The zero-order chi connectivity index (χ0) is 14.7.